The number of benzene rings is 1. The van der Waals surface area contributed by atoms with Crippen LogP contribution in [0.3, 0.4) is 0 Å². The summed E-state index contributed by atoms with van der Waals surface area (Å²) < 4.78 is 0. The number of amides is 1. The monoisotopic (exact) mass is 385 g/mol. The van der Waals surface area contributed by atoms with Gasteiger partial charge in [0, 0.05) is 56.0 Å². The number of rotatable bonds is 4. The van der Waals surface area contributed by atoms with Crippen molar-refractivity contribution in [3.05, 3.63) is 72.2 Å². The topological polar surface area (TPSA) is 98.0 Å². The second kappa shape index (κ2) is 8.35. The van der Waals surface area contributed by atoms with Crippen LogP contribution in [0.25, 0.3) is 0 Å². The van der Waals surface area contributed by atoms with E-state index in [1.165, 1.54) is 0 Å². The van der Waals surface area contributed by atoms with Crippen LogP contribution in [0.2, 0.25) is 0 Å². The van der Waals surface area contributed by atoms with E-state index in [1.807, 2.05) is 0 Å². The second-order valence-corrected chi connectivity index (χ2v) is 6.57. The normalized spacial score (nSPS) is 13.6. The van der Waals surface area contributed by atoms with Gasteiger partial charge in [0.1, 0.15) is 5.82 Å². The van der Waals surface area contributed by atoms with Gasteiger partial charge in [-0.25, -0.2) is 15.0 Å². The molecule has 0 aliphatic carbocycles. The average molecular weight is 385 g/mol. The van der Waals surface area contributed by atoms with Gasteiger partial charge in [0.2, 0.25) is 5.95 Å². The van der Waals surface area contributed by atoms with Crippen LogP contribution in [0.4, 0.5) is 17.5 Å². The molecule has 0 spiro atoms. The summed E-state index contributed by atoms with van der Waals surface area (Å²) in [6.45, 7) is 3.11. The minimum Gasteiger partial charge on any atom is -0.353 e. The van der Waals surface area contributed by atoms with Crippen molar-refractivity contribution in [3.63, 3.8) is 0 Å². The van der Waals surface area contributed by atoms with Gasteiger partial charge in [-0.05, 0) is 42.5 Å². The van der Waals surface area contributed by atoms with Gasteiger partial charge in [0.25, 0.3) is 5.91 Å². The summed E-state index contributed by atoms with van der Waals surface area (Å²) in [6.07, 6.45) is 5.13. The van der Waals surface area contributed by atoms with Crippen molar-refractivity contribution in [2.45, 2.75) is 0 Å². The Labute approximate surface area is 168 Å². The molecule has 8 nitrogen and oxygen atoms in total. The molecule has 3 heterocycles. The van der Waals surface area contributed by atoms with E-state index in [0.29, 0.717) is 16.8 Å². The number of pyridine rings is 1. The van der Waals surface area contributed by atoms with Crippen molar-refractivity contribution in [3.8, 4) is 6.07 Å². The van der Waals surface area contributed by atoms with Gasteiger partial charge in [0.15, 0.2) is 0 Å². The van der Waals surface area contributed by atoms with E-state index in [1.54, 1.807) is 61.1 Å². The predicted octanol–water partition coefficient (Wildman–Crippen LogP) is 2.32. The van der Waals surface area contributed by atoms with Crippen LogP contribution in [-0.4, -0.2) is 47.0 Å². The molecular formula is C21H19N7O. The molecule has 0 radical (unpaired) electrons. The van der Waals surface area contributed by atoms with Crippen molar-refractivity contribution in [1.82, 2.24) is 15.0 Å². The summed E-state index contributed by atoms with van der Waals surface area (Å²) in [5.74, 6) is 1.29. The highest BCUT2D eigenvalue weighted by Gasteiger charge is 2.20. The lowest BCUT2D eigenvalue weighted by molar-refractivity contribution is 0.102. The molecule has 0 bridgehead atoms. The molecule has 0 unspecified atom stereocenters. The molecule has 1 saturated heterocycles. The fraction of sp³-hybridized carbons (Fsp3) is 0.190. The van der Waals surface area contributed by atoms with Crippen LogP contribution in [0, 0.1) is 11.3 Å². The zero-order valence-electron chi connectivity index (χ0n) is 15.7. The maximum absolute atomic E-state index is 12.6. The molecule has 144 valence electrons. The Hall–Kier alpha value is -3.99. The van der Waals surface area contributed by atoms with Gasteiger partial charge >= 0.3 is 0 Å². The van der Waals surface area contributed by atoms with Crippen LogP contribution < -0.4 is 15.1 Å². The molecule has 4 rings (SSSR count). The van der Waals surface area contributed by atoms with Crippen molar-refractivity contribution in [2.24, 2.45) is 0 Å². The Morgan fingerprint density at radius 2 is 1.62 bits per heavy atom. The molecule has 1 aliphatic rings. The number of carbonyl (C=O) groups is 1. The van der Waals surface area contributed by atoms with E-state index in [9.17, 15) is 4.79 Å². The molecule has 29 heavy (non-hydrogen) atoms. The Kier molecular flexibility index (Phi) is 5.29. The zero-order chi connectivity index (χ0) is 20.1. The van der Waals surface area contributed by atoms with E-state index in [-0.39, 0.29) is 5.91 Å². The highest BCUT2D eigenvalue weighted by Crippen LogP contribution is 2.18. The van der Waals surface area contributed by atoms with E-state index in [0.717, 1.165) is 37.9 Å². The van der Waals surface area contributed by atoms with Crippen LogP contribution in [0.15, 0.2) is 61.1 Å². The highest BCUT2D eigenvalue weighted by atomic mass is 16.1. The Morgan fingerprint density at radius 3 is 2.31 bits per heavy atom. The first kappa shape index (κ1) is 18.4. The first-order valence-electron chi connectivity index (χ1n) is 9.27. The van der Waals surface area contributed by atoms with Gasteiger partial charge in [-0.15, -0.1) is 0 Å². The maximum atomic E-state index is 12.6. The molecule has 1 aromatic carbocycles. The summed E-state index contributed by atoms with van der Waals surface area (Å²) >= 11 is 0. The summed E-state index contributed by atoms with van der Waals surface area (Å²) in [4.78, 5) is 29.9. The lowest BCUT2D eigenvalue weighted by Gasteiger charge is -2.35. The largest absolute Gasteiger partial charge is 0.353 e. The van der Waals surface area contributed by atoms with Gasteiger partial charge < -0.3 is 15.1 Å². The smallest absolute Gasteiger partial charge is 0.255 e. The number of hydrogen-bond donors (Lipinski definition) is 1. The first-order valence-corrected chi connectivity index (χ1v) is 9.27. The lowest BCUT2D eigenvalue weighted by Crippen LogP contribution is -2.47. The van der Waals surface area contributed by atoms with E-state index >= 15 is 0 Å². The molecule has 1 amide bonds. The molecule has 1 N–H and O–H groups in total. The third kappa shape index (κ3) is 4.30. The molecule has 2 aromatic heterocycles. The zero-order valence-corrected chi connectivity index (χ0v) is 15.7. The van der Waals surface area contributed by atoms with Crippen LogP contribution in [0.5, 0.6) is 0 Å². The number of hydrogen-bond acceptors (Lipinski definition) is 7. The van der Waals surface area contributed by atoms with Crippen molar-refractivity contribution < 1.29 is 4.79 Å². The number of nitriles is 1. The molecule has 1 fully saturated rings. The lowest BCUT2D eigenvalue weighted by atomic mass is 10.2. The molecule has 0 saturated carbocycles. The molecule has 1 aliphatic heterocycles. The van der Waals surface area contributed by atoms with Crippen molar-refractivity contribution in [1.29, 1.82) is 5.26 Å². The number of aromatic nitrogens is 3. The number of nitrogens with one attached hydrogen (secondary N) is 1. The van der Waals surface area contributed by atoms with Crippen LogP contribution in [-0.2, 0) is 0 Å². The van der Waals surface area contributed by atoms with Gasteiger partial charge in [-0.3, -0.25) is 4.79 Å². The summed E-state index contributed by atoms with van der Waals surface area (Å²) in [6, 6.07) is 14.1. The minimum absolute atomic E-state index is 0.213. The Balaban J connectivity index is 1.41. The maximum Gasteiger partial charge on any atom is 0.255 e. The molecular weight excluding hydrogens is 366 g/mol. The number of piperazine rings is 1. The standard InChI is InChI=1S/C21H19N7O/c22-15-16-2-4-18(5-3-16)26-20(29)17-6-9-23-19(14-17)27-10-12-28(13-11-27)21-24-7-1-8-25-21/h1-9,14H,10-13H2,(H,26,29). The van der Waals surface area contributed by atoms with Crippen molar-refractivity contribution >= 4 is 23.4 Å². The summed E-state index contributed by atoms with van der Waals surface area (Å²) in [5, 5.41) is 11.7. The highest BCUT2D eigenvalue weighted by molar-refractivity contribution is 6.04. The first-order chi connectivity index (χ1) is 14.2. The second-order valence-electron chi connectivity index (χ2n) is 6.57. The Morgan fingerprint density at radius 1 is 0.931 bits per heavy atom. The molecule has 3 aromatic rings. The molecule has 8 heteroatoms. The van der Waals surface area contributed by atoms with Gasteiger partial charge in [-0.2, -0.15) is 5.26 Å². The summed E-state index contributed by atoms with van der Waals surface area (Å²) in [7, 11) is 0. The molecule has 0 atom stereocenters. The van der Waals surface area contributed by atoms with E-state index in [2.05, 4.69) is 36.1 Å². The SMILES string of the molecule is N#Cc1ccc(NC(=O)c2ccnc(N3CCN(c4ncccn4)CC3)c2)cc1. The number of nitrogens with zero attached hydrogens (tertiary/aromatic N) is 6. The predicted molar refractivity (Wildman–Crippen MR) is 110 cm³/mol. The Bertz CT molecular complexity index is 1020. The van der Waals surface area contributed by atoms with Crippen LogP contribution >= 0.6 is 0 Å². The van der Waals surface area contributed by atoms with Crippen LogP contribution in [0.1, 0.15) is 15.9 Å². The fourth-order valence-corrected chi connectivity index (χ4v) is 3.15. The van der Waals surface area contributed by atoms with Gasteiger partial charge in [-0.1, -0.05) is 0 Å². The quantitative estimate of drug-likeness (QED) is 0.736. The third-order valence-electron chi connectivity index (χ3n) is 4.72. The number of anilines is 3. The summed E-state index contributed by atoms with van der Waals surface area (Å²) in [5.41, 5.74) is 1.73. The fourth-order valence-electron chi connectivity index (χ4n) is 3.15. The third-order valence-corrected chi connectivity index (χ3v) is 4.72. The van der Waals surface area contributed by atoms with Gasteiger partial charge in [0.05, 0.1) is 11.6 Å². The minimum atomic E-state index is -0.213. The van der Waals surface area contributed by atoms with Crippen molar-refractivity contribution in [2.75, 3.05) is 41.3 Å². The number of carbonyl (C=O) groups excluding carboxylic acids is 1. The van der Waals surface area contributed by atoms with E-state index < -0.39 is 0 Å². The van der Waals surface area contributed by atoms with E-state index in [4.69, 9.17) is 5.26 Å². The average Bonchev–Trinajstić information content (AvgIpc) is 2.80.